The van der Waals surface area contributed by atoms with Crippen LogP contribution in [0.15, 0.2) is 60.7 Å². The fourth-order valence-electron chi connectivity index (χ4n) is 3.74. The van der Waals surface area contributed by atoms with E-state index in [1.54, 1.807) is 0 Å². The van der Waals surface area contributed by atoms with Gasteiger partial charge in [0.1, 0.15) is 0 Å². The van der Waals surface area contributed by atoms with Crippen LogP contribution in [0.25, 0.3) is 16.7 Å². The molecule has 30 heavy (non-hydrogen) atoms. The summed E-state index contributed by atoms with van der Waals surface area (Å²) in [6.07, 6.45) is 4.35. The minimum Gasteiger partial charge on any atom is -0.468 e. The highest BCUT2D eigenvalue weighted by Gasteiger charge is 2.38. The summed E-state index contributed by atoms with van der Waals surface area (Å²) in [5, 5.41) is -1.12. The number of hydrogen-bond acceptors (Lipinski definition) is 4. The van der Waals surface area contributed by atoms with Gasteiger partial charge in [0.05, 0.1) is 7.11 Å². The molecule has 5 nitrogen and oxygen atoms in total. The molecule has 0 unspecified atom stereocenters. The molecule has 0 aliphatic carbocycles. The lowest BCUT2D eigenvalue weighted by Gasteiger charge is -2.29. The monoisotopic (exact) mass is 427 g/mol. The lowest BCUT2D eigenvalue weighted by molar-refractivity contribution is -0.140. The van der Waals surface area contributed by atoms with Crippen molar-refractivity contribution < 1.29 is 17.9 Å². The van der Waals surface area contributed by atoms with Gasteiger partial charge in [-0.25, -0.2) is 8.42 Å². The number of esters is 1. The topological polar surface area (TPSA) is 63.7 Å². The van der Waals surface area contributed by atoms with E-state index in [1.165, 1.54) is 17.0 Å². The second kappa shape index (κ2) is 10.0. The highest BCUT2D eigenvalue weighted by molar-refractivity contribution is 7.90. The van der Waals surface area contributed by atoms with Gasteiger partial charge in [-0.2, -0.15) is 4.31 Å². The van der Waals surface area contributed by atoms with Crippen LogP contribution in [0.5, 0.6) is 0 Å². The van der Waals surface area contributed by atoms with Crippen LogP contribution in [0.4, 0.5) is 0 Å². The van der Waals surface area contributed by atoms with Gasteiger partial charge in [0.15, 0.2) is 5.25 Å². The van der Waals surface area contributed by atoms with Crippen molar-refractivity contribution in [2.75, 3.05) is 20.2 Å². The molecule has 0 saturated carbocycles. The molecule has 2 aromatic rings. The van der Waals surface area contributed by atoms with Gasteiger partial charge < -0.3 is 4.74 Å². The summed E-state index contributed by atoms with van der Waals surface area (Å²) in [6, 6.07) is 18.5. The predicted octanol–water partition coefficient (Wildman–Crippen LogP) is 4.50. The Kier molecular flexibility index (Phi) is 7.45. The summed E-state index contributed by atoms with van der Waals surface area (Å²) >= 11 is 0. The predicted molar refractivity (Wildman–Crippen MR) is 120 cm³/mol. The zero-order valence-corrected chi connectivity index (χ0v) is 18.4. The Morgan fingerprint density at radius 1 is 1.03 bits per heavy atom. The lowest BCUT2D eigenvalue weighted by atomic mass is 9.97. The van der Waals surface area contributed by atoms with Crippen molar-refractivity contribution >= 4 is 21.6 Å². The van der Waals surface area contributed by atoms with E-state index in [4.69, 9.17) is 4.74 Å². The van der Waals surface area contributed by atoms with Crippen molar-refractivity contribution in [3.05, 3.63) is 66.2 Å². The van der Waals surface area contributed by atoms with Crippen LogP contribution in [0.2, 0.25) is 0 Å². The van der Waals surface area contributed by atoms with Crippen LogP contribution in [-0.2, 0) is 19.6 Å². The summed E-state index contributed by atoms with van der Waals surface area (Å²) in [7, 11) is -2.50. The zero-order valence-electron chi connectivity index (χ0n) is 17.6. The third kappa shape index (κ3) is 4.99. The standard InChI is InChI=1S/C24H29NO4S/c1-3-4-10-23(24(26)29-2)30(27,28)25-17-15-22(16-18-25)21-13-11-20(12-14-21)19-8-6-5-7-9-19/h5-9,11-15,23H,3-4,10,16-18H2,1-2H3/t23-/m1/s1. The first-order chi connectivity index (χ1) is 14.5. The minimum absolute atomic E-state index is 0.276. The van der Waals surface area contributed by atoms with Crippen LogP contribution in [-0.4, -0.2) is 44.1 Å². The fourth-order valence-corrected chi connectivity index (χ4v) is 5.53. The van der Waals surface area contributed by atoms with Crippen LogP contribution < -0.4 is 0 Å². The van der Waals surface area contributed by atoms with E-state index in [1.807, 2.05) is 31.2 Å². The van der Waals surface area contributed by atoms with Gasteiger partial charge in [0.2, 0.25) is 10.0 Å². The number of benzene rings is 2. The number of methoxy groups -OCH3 is 1. The van der Waals surface area contributed by atoms with Gasteiger partial charge in [-0.3, -0.25) is 4.79 Å². The molecule has 1 aliphatic rings. The van der Waals surface area contributed by atoms with E-state index in [0.717, 1.165) is 23.1 Å². The van der Waals surface area contributed by atoms with Crippen molar-refractivity contribution in [2.45, 2.75) is 37.9 Å². The average molecular weight is 428 g/mol. The molecule has 0 N–H and O–H groups in total. The third-order valence-electron chi connectivity index (χ3n) is 5.54. The van der Waals surface area contributed by atoms with Crippen molar-refractivity contribution in [3.63, 3.8) is 0 Å². The largest absolute Gasteiger partial charge is 0.468 e. The van der Waals surface area contributed by atoms with Gasteiger partial charge in [0.25, 0.3) is 0 Å². The normalized spacial score (nSPS) is 16.0. The quantitative estimate of drug-likeness (QED) is 0.582. The summed E-state index contributed by atoms with van der Waals surface area (Å²) in [4.78, 5) is 12.1. The Morgan fingerprint density at radius 3 is 2.23 bits per heavy atom. The van der Waals surface area contributed by atoms with Gasteiger partial charge in [-0.1, -0.05) is 80.4 Å². The molecule has 1 atom stereocenters. The van der Waals surface area contributed by atoms with E-state index in [9.17, 15) is 13.2 Å². The third-order valence-corrected chi connectivity index (χ3v) is 7.74. The van der Waals surface area contributed by atoms with Crippen molar-refractivity contribution in [3.8, 4) is 11.1 Å². The number of carbonyl (C=O) groups excluding carboxylic acids is 1. The molecule has 1 aliphatic heterocycles. The van der Waals surface area contributed by atoms with E-state index in [2.05, 4.69) is 36.4 Å². The first-order valence-electron chi connectivity index (χ1n) is 10.4. The molecule has 3 rings (SSSR count). The van der Waals surface area contributed by atoms with Crippen LogP contribution in [0.1, 0.15) is 38.2 Å². The average Bonchev–Trinajstić information content (AvgIpc) is 2.80. The summed E-state index contributed by atoms with van der Waals surface area (Å²) < 4.78 is 32.2. The van der Waals surface area contributed by atoms with E-state index >= 15 is 0 Å². The molecule has 160 valence electrons. The maximum Gasteiger partial charge on any atom is 0.325 e. The molecule has 6 heteroatoms. The van der Waals surface area contributed by atoms with Gasteiger partial charge in [-0.05, 0) is 35.1 Å². The second-order valence-electron chi connectivity index (χ2n) is 7.48. The number of ether oxygens (including phenoxy) is 1. The number of hydrogen-bond donors (Lipinski definition) is 0. The molecule has 0 radical (unpaired) electrons. The molecule has 1 heterocycles. The molecule has 2 aromatic carbocycles. The maximum atomic E-state index is 13.0. The Labute approximate surface area is 179 Å². The lowest BCUT2D eigenvalue weighted by Crippen LogP contribution is -2.44. The van der Waals surface area contributed by atoms with Crippen LogP contribution in [0.3, 0.4) is 0 Å². The molecule has 0 saturated heterocycles. The molecular formula is C24H29NO4S. The Hall–Kier alpha value is -2.44. The molecule has 0 bridgehead atoms. The second-order valence-corrected chi connectivity index (χ2v) is 9.60. The molecule has 0 aromatic heterocycles. The van der Waals surface area contributed by atoms with Crippen LogP contribution >= 0.6 is 0 Å². The molecule has 0 fully saturated rings. The van der Waals surface area contributed by atoms with E-state index in [0.29, 0.717) is 25.8 Å². The zero-order chi connectivity index (χ0) is 21.6. The van der Waals surface area contributed by atoms with Gasteiger partial charge in [0, 0.05) is 13.1 Å². The Balaban J connectivity index is 1.73. The molecule has 0 spiro atoms. The summed E-state index contributed by atoms with van der Waals surface area (Å²) in [5.41, 5.74) is 4.54. The fraction of sp³-hybridized carbons (Fsp3) is 0.375. The Morgan fingerprint density at radius 2 is 1.67 bits per heavy atom. The first kappa shape index (κ1) is 22.2. The summed E-state index contributed by atoms with van der Waals surface area (Å²) in [5.74, 6) is -0.672. The number of carbonyl (C=O) groups is 1. The smallest absolute Gasteiger partial charge is 0.325 e. The number of unbranched alkanes of at least 4 members (excludes halogenated alkanes) is 1. The highest BCUT2D eigenvalue weighted by Crippen LogP contribution is 2.28. The van der Waals surface area contributed by atoms with E-state index < -0.39 is 21.2 Å². The summed E-state index contributed by atoms with van der Waals surface area (Å²) in [6.45, 7) is 2.62. The van der Waals surface area contributed by atoms with Gasteiger partial charge >= 0.3 is 5.97 Å². The highest BCUT2D eigenvalue weighted by atomic mass is 32.2. The number of nitrogens with zero attached hydrogens (tertiary/aromatic N) is 1. The van der Waals surface area contributed by atoms with Crippen molar-refractivity contribution in [1.29, 1.82) is 0 Å². The van der Waals surface area contributed by atoms with E-state index in [-0.39, 0.29) is 6.54 Å². The van der Waals surface area contributed by atoms with Crippen LogP contribution in [0, 0.1) is 0 Å². The SMILES string of the molecule is CCCC[C@H](C(=O)OC)S(=O)(=O)N1CC=C(c2ccc(-c3ccccc3)cc2)CC1. The number of rotatable bonds is 8. The maximum absolute atomic E-state index is 13.0. The molecule has 0 amide bonds. The van der Waals surface area contributed by atoms with Crippen molar-refractivity contribution in [2.24, 2.45) is 0 Å². The number of sulfonamides is 1. The minimum atomic E-state index is -3.74. The first-order valence-corrected chi connectivity index (χ1v) is 11.9. The van der Waals surface area contributed by atoms with Crippen molar-refractivity contribution in [1.82, 2.24) is 4.31 Å². The van der Waals surface area contributed by atoms with Gasteiger partial charge in [-0.15, -0.1) is 0 Å². The Bertz CT molecular complexity index is 982. The molecular weight excluding hydrogens is 398 g/mol.